The number of aromatic amines is 1. The summed E-state index contributed by atoms with van der Waals surface area (Å²) in [6.07, 6.45) is 3.25. The molecule has 2 N–H and O–H groups in total. The Balaban J connectivity index is 1.83. The van der Waals surface area contributed by atoms with Crippen molar-refractivity contribution in [3.05, 3.63) is 53.7 Å². The fourth-order valence-corrected chi connectivity index (χ4v) is 3.17. The molecule has 0 unspecified atom stereocenters. The number of benzene rings is 1. The average molecular weight is 317 g/mol. The molecule has 8 heteroatoms. The first-order chi connectivity index (χ1) is 10.3. The zero-order valence-electron chi connectivity index (χ0n) is 10.8. The molecule has 3 rings (SSSR count). The van der Waals surface area contributed by atoms with Crippen molar-refractivity contribution in [2.24, 2.45) is 0 Å². The number of nitrogens with zero attached hydrogens (tertiary/aromatic N) is 3. The van der Waals surface area contributed by atoms with Crippen LogP contribution in [0, 0.1) is 0 Å². The molecule has 1 atom stereocenters. The first kappa shape index (κ1) is 13.8. The van der Waals surface area contributed by atoms with Crippen molar-refractivity contribution in [2.75, 3.05) is 5.32 Å². The van der Waals surface area contributed by atoms with Gasteiger partial charge in [-0.15, -0.1) is 16.4 Å². The Bertz CT molecular complexity index is 685. The van der Waals surface area contributed by atoms with Crippen LogP contribution >= 0.6 is 23.1 Å². The third-order valence-corrected chi connectivity index (χ3v) is 4.48. The van der Waals surface area contributed by atoms with Gasteiger partial charge in [0.15, 0.2) is 5.13 Å². The van der Waals surface area contributed by atoms with Gasteiger partial charge in [0, 0.05) is 11.6 Å². The van der Waals surface area contributed by atoms with E-state index in [4.69, 9.17) is 0 Å². The van der Waals surface area contributed by atoms with Crippen LogP contribution in [-0.2, 0) is 4.79 Å². The predicted molar refractivity (Wildman–Crippen MR) is 82.2 cm³/mol. The summed E-state index contributed by atoms with van der Waals surface area (Å²) in [7, 11) is 0. The number of thiazole rings is 1. The number of thioether (sulfide) groups is 1. The Kier molecular flexibility index (Phi) is 4.27. The van der Waals surface area contributed by atoms with Gasteiger partial charge >= 0.3 is 0 Å². The monoisotopic (exact) mass is 317 g/mol. The van der Waals surface area contributed by atoms with Gasteiger partial charge in [0.05, 0.1) is 6.20 Å². The van der Waals surface area contributed by atoms with Crippen molar-refractivity contribution in [2.45, 2.75) is 10.3 Å². The average Bonchev–Trinajstić information content (AvgIpc) is 3.19. The van der Waals surface area contributed by atoms with E-state index in [1.54, 1.807) is 12.4 Å². The molecular weight excluding hydrogens is 306 g/mol. The van der Waals surface area contributed by atoms with Gasteiger partial charge in [0.2, 0.25) is 5.91 Å². The molecule has 0 saturated carbocycles. The molecule has 106 valence electrons. The molecule has 21 heavy (non-hydrogen) atoms. The molecule has 2 aromatic heterocycles. The van der Waals surface area contributed by atoms with Gasteiger partial charge in [-0.2, -0.15) is 10.3 Å². The van der Waals surface area contributed by atoms with Crippen LogP contribution in [0.25, 0.3) is 0 Å². The van der Waals surface area contributed by atoms with E-state index < -0.39 is 5.25 Å². The Labute approximate surface area is 129 Å². The Morgan fingerprint density at radius 3 is 2.86 bits per heavy atom. The fraction of sp³-hybridized carbons (Fsp3) is 0.0769. The van der Waals surface area contributed by atoms with Crippen molar-refractivity contribution in [3.8, 4) is 0 Å². The summed E-state index contributed by atoms with van der Waals surface area (Å²) in [6, 6.07) is 9.56. The lowest BCUT2D eigenvalue weighted by Gasteiger charge is -2.14. The van der Waals surface area contributed by atoms with Gasteiger partial charge in [-0.1, -0.05) is 42.1 Å². The van der Waals surface area contributed by atoms with Gasteiger partial charge in [-0.3, -0.25) is 4.79 Å². The van der Waals surface area contributed by atoms with E-state index in [1.165, 1.54) is 23.1 Å². The molecule has 1 amide bonds. The molecule has 0 aliphatic carbocycles. The number of hydrogen-bond acceptors (Lipinski definition) is 6. The van der Waals surface area contributed by atoms with E-state index in [0.717, 1.165) is 5.56 Å². The van der Waals surface area contributed by atoms with E-state index in [0.29, 0.717) is 10.2 Å². The Hall–Kier alpha value is -2.19. The Morgan fingerprint density at radius 2 is 2.19 bits per heavy atom. The summed E-state index contributed by atoms with van der Waals surface area (Å²) in [5, 5.41) is 15.8. The van der Waals surface area contributed by atoms with Crippen LogP contribution in [-0.4, -0.2) is 26.3 Å². The molecule has 0 fully saturated rings. The SMILES string of the molecule is O=C(Nc1nccs1)[C@H](Sc1cn[nH]n1)c1ccccc1. The summed E-state index contributed by atoms with van der Waals surface area (Å²) in [4.78, 5) is 16.6. The van der Waals surface area contributed by atoms with E-state index in [9.17, 15) is 4.79 Å². The zero-order chi connectivity index (χ0) is 14.5. The standard InChI is InChI=1S/C13H11N5OS2/c19-12(16-13-14-6-7-20-13)11(9-4-2-1-3-5-9)21-10-8-15-18-17-10/h1-8,11H,(H,14,16,19)(H,15,17,18)/t11-/m1/s1. The van der Waals surface area contributed by atoms with Gasteiger partial charge < -0.3 is 5.32 Å². The third kappa shape index (κ3) is 3.47. The summed E-state index contributed by atoms with van der Waals surface area (Å²) in [5.41, 5.74) is 0.902. The van der Waals surface area contributed by atoms with Crippen LogP contribution < -0.4 is 5.32 Å². The predicted octanol–water partition coefficient (Wildman–Crippen LogP) is 2.73. The van der Waals surface area contributed by atoms with E-state index >= 15 is 0 Å². The summed E-state index contributed by atoms with van der Waals surface area (Å²) >= 11 is 2.72. The van der Waals surface area contributed by atoms with Crippen LogP contribution in [0.2, 0.25) is 0 Å². The highest BCUT2D eigenvalue weighted by molar-refractivity contribution is 8.00. The lowest BCUT2D eigenvalue weighted by atomic mass is 10.1. The van der Waals surface area contributed by atoms with Crippen molar-refractivity contribution in [1.29, 1.82) is 0 Å². The number of rotatable bonds is 5. The number of H-pyrrole nitrogens is 1. The molecular formula is C13H11N5OS2. The van der Waals surface area contributed by atoms with E-state index in [2.05, 4.69) is 25.7 Å². The zero-order valence-corrected chi connectivity index (χ0v) is 12.4. The number of hydrogen-bond donors (Lipinski definition) is 2. The van der Waals surface area contributed by atoms with Gasteiger partial charge in [0.1, 0.15) is 10.3 Å². The first-order valence-electron chi connectivity index (χ1n) is 6.10. The first-order valence-corrected chi connectivity index (χ1v) is 7.86. The summed E-state index contributed by atoms with van der Waals surface area (Å²) < 4.78 is 0. The molecule has 0 bridgehead atoms. The largest absolute Gasteiger partial charge is 0.301 e. The number of carbonyl (C=O) groups is 1. The lowest BCUT2D eigenvalue weighted by molar-refractivity contribution is -0.115. The molecule has 0 spiro atoms. The second kappa shape index (κ2) is 6.51. The normalized spacial score (nSPS) is 12.0. The number of anilines is 1. The van der Waals surface area contributed by atoms with E-state index in [1.807, 2.05) is 35.7 Å². The molecule has 3 aromatic rings. The topological polar surface area (TPSA) is 83.6 Å². The fourth-order valence-electron chi connectivity index (χ4n) is 1.73. The minimum absolute atomic E-state index is 0.135. The van der Waals surface area contributed by atoms with Crippen molar-refractivity contribution in [1.82, 2.24) is 20.4 Å². The maximum Gasteiger partial charge on any atom is 0.244 e. The number of carbonyl (C=O) groups excluding carboxylic acids is 1. The van der Waals surface area contributed by atoms with Gasteiger partial charge in [0.25, 0.3) is 0 Å². The van der Waals surface area contributed by atoms with E-state index in [-0.39, 0.29) is 5.91 Å². The summed E-state index contributed by atoms with van der Waals surface area (Å²) in [6.45, 7) is 0. The summed E-state index contributed by atoms with van der Waals surface area (Å²) in [5.74, 6) is -0.135. The molecule has 0 aliphatic heterocycles. The Morgan fingerprint density at radius 1 is 1.33 bits per heavy atom. The van der Waals surface area contributed by atoms with Crippen LogP contribution in [0.1, 0.15) is 10.8 Å². The van der Waals surface area contributed by atoms with Crippen LogP contribution in [0.4, 0.5) is 5.13 Å². The molecule has 6 nitrogen and oxygen atoms in total. The molecule has 0 saturated heterocycles. The minimum atomic E-state index is -0.416. The van der Waals surface area contributed by atoms with Crippen molar-refractivity contribution in [3.63, 3.8) is 0 Å². The van der Waals surface area contributed by atoms with Gasteiger partial charge in [-0.25, -0.2) is 4.98 Å². The van der Waals surface area contributed by atoms with Crippen LogP contribution in [0.5, 0.6) is 0 Å². The highest BCUT2D eigenvalue weighted by Gasteiger charge is 2.23. The third-order valence-electron chi connectivity index (χ3n) is 2.63. The smallest absolute Gasteiger partial charge is 0.244 e. The maximum absolute atomic E-state index is 12.5. The highest BCUT2D eigenvalue weighted by Crippen LogP contribution is 2.34. The molecule has 2 heterocycles. The maximum atomic E-state index is 12.5. The van der Waals surface area contributed by atoms with Crippen LogP contribution in [0.15, 0.2) is 53.1 Å². The quantitative estimate of drug-likeness (QED) is 0.707. The van der Waals surface area contributed by atoms with Gasteiger partial charge in [-0.05, 0) is 5.56 Å². The second-order valence-electron chi connectivity index (χ2n) is 4.04. The lowest BCUT2D eigenvalue weighted by Crippen LogP contribution is -2.18. The van der Waals surface area contributed by atoms with Crippen molar-refractivity contribution >= 4 is 34.1 Å². The number of nitrogens with one attached hydrogen (secondary N) is 2. The molecule has 0 aliphatic rings. The minimum Gasteiger partial charge on any atom is -0.301 e. The molecule has 0 radical (unpaired) electrons. The number of amides is 1. The van der Waals surface area contributed by atoms with Crippen LogP contribution in [0.3, 0.4) is 0 Å². The van der Waals surface area contributed by atoms with Crippen molar-refractivity contribution < 1.29 is 4.79 Å². The molecule has 1 aromatic carbocycles. The highest BCUT2D eigenvalue weighted by atomic mass is 32.2. The second-order valence-corrected chi connectivity index (χ2v) is 6.06. The number of aromatic nitrogens is 4.